The molecule has 4 heteroatoms. The molecule has 2 aliphatic carbocycles. The summed E-state index contributed by atoms with van der Waals surface area (Å²) in [6.07, 6.45) is 5.83. The number of benzene rings is 2. The van der Waals surface area contributed by atoms with Crippen molar-refractivity contribution in [3.8, 4) is 0 Å². The van der Waals surface area contributed by atoms with Crippen molar-refractivity contribution in [1.29, 1.82) is 0 Å². The number of hydrogen-bond donors (Lipinski definition) is 0. The molecule has 0 spiro atoms. The third kappa shape index (κ3) is 2.89. The molecule has 0 unspecified atom stereocenters. The van der Waals surface area contributed by atoms with E-state index in [0.29, 0.717) is 25.0 Å². The second-order valence-electron chi connectivity index (χ2n) is 8.41. The van der Waals surface area contributed by atoms with Gasteiger partial charge in [0.05, 0.1) is 11.8 Å². The Hall–Kier alpha value is -2.88. The maximum atomic E-state index is 6.16. The van der Waals surface area contributed by atoms with Crippen molar-refractivity contribution in [3.05, 3.63) is 83.9 Å². The van der Waals surface area contributed by atoms with Crippen molar-refractivity contribution in [3.63, 3.8) is 0 Å². The first-order valence-electron chi connectivity index (χ1n) is 10.6. The molecule has 1 saturated carbocycles. The van der Waals surface area contributed by atoms with E-state index in [1.165, 1.54) is 11.1 Å². The minimum Gasteiger partial charge on any atom is -0.478 e. The Labute approximate surface area is 171 Å². The highest BCUT2D eigenvalue weighted by atomic mass is 16.5. The van der Waals surface area contributed by atoms with E-state index in [1.807, 2.05) is 12.1 Å². The van der Waals surface area contributed by atoms with Crippen LogP contribution >= 0.6 is 0 Å². The Bertz CT molecular complexity index is 903. The summed E-state index contributed by atoms with van der Waals surface area (Å²) in [4.78, 5) is 10.0. The Morgan fingerprint density at radius 3 is 1.52 bits per heavy atom. The van der Waals surface area contributed by atoms with E-state index in [9.17, 15) is 0 Å². The summed E-state index contributed by atoms with van der Waals surface area (Å²) < 4.78 is 12.3. The van der Waals surface area contributed by atoms with E-state index in [2.05, 4.69) is 60.7 Å². The van der Waals surface area contributed by atoms with Crippen LogP contribution < -0.4 is 0 Å². The van der Waals surface area contributed by atoms with Gasteiger partial charge in [-0.15, -0.1) is 0 Å². The van der Waals surface area contributed by atoms with Gasteiger partial charge in [0, 0.05) is 0 Å². The summed E-state index contributed by atoms with van der Waals surface area (Å²) >= 11 is 0. The zero-order valence-electron chi connectivity index (χ0n) is 16.2. The molecule has 6 atom stereocenters. The number of fused-ring (bicyclic) bond motifs is 2. The highest BCUT2D eigenvalue weighted by Crippen LogP contribution is 2.51. The molecular weight excluding hydrogens is 360 g/mol. The number of ether oxygens (including phenoxy) is 2. The highest BCUT2D eigenvalue weighted by molar-refractivity contribution is 5.91. The van der Waals surface area contributed by atoms with Crippen LogP contribution in [0.2, 0.25) is 0 Å². The van der Waals surface area contributed by atoms with Gasteiger partial charge in [0.2, 0.25) is 0 Å². The second kappa shape index (κ2) is 6.87. The summed E-state index contributed by atoms with van der Waals surface area (Å²) in [5.74, 6) is 3.23. The molecule has 146 valence electrons. The maximum Gasteiger partial charge on any atom is 0.188 e. The lowest BCUT2D eigenvalue weighted by molar-refractivity contribution is 0.260. The highest BCUT2D eigenvalue weighted by Gasteiger charge is 2.52. The zero-order chi connectivity index (χ0) is 19.2. The van der Waals surface area contributed by atoms with Crippen LogP contribution in [0.3, 0.4) is 0 Å². The average Bonchev–Trinajstić information content (AvgIpc) is 3.58. The summed E-state index contributed by atoms with van der Waals surface area (Å²) in [5, 5.41) is 0. The van der Waals surface area contributed by atoms with Crippen molar-refractivity contribution >= 4 is 11.8 Å². The van der Waals surface area contributed by atoms with Crippen molar-refractivity contribution in [1.82, 2.24) is 0 Å². The number of rotatable bonds is 4. The van der Waals surface area contributed by atoms with Crippen molar-refractivity contribution in [2.45, 2.75) is 18.5 Å². The molecule has 2 aromatic rings. The number of nitrogens with zero attached hydrogens (tertiary/aromatic N) is 2. The summed E-state index contributed by atoms with van der Waals surface area (Å²) in [7, 11) is 0. The van der Waals surface area contributed by atoms with Gasteiger partial charge >= 0.3 is 0 Å². The molecule has 1 fully saturated rings. The van der Waals surface area contributed by atoms with Gasteiger partial charge in [0.15, 0.2) is 11.8 Å². The molecule has 4 nitrogen and oxygen atoms in total. The van der Waals surface area contributed by atoms with Crippen LogP contribution in [0.1, 0.15) is 29.6 Å². The lowest BCUT2D eigenvalue weighted by Gasteiger charge is -2.26. The van der Waals surface area contributed by atoms with Crippen molar-refractivity contribution in [2.75, 3.05) is 13.2 Å². The van der Waals surface area contributed by atoms with Gasteiger partial charge in [-0.3, -0.25) is 0 Å². The largest absolute Gasteiger partial charge is 0.478 e. The standard InChI is InChI=1S/C25H24N2O2/c1-3-7-16(8-4-1)20-14-28-24(26-20)22-18-11-12-19(13-18)23(22)25-27-21(15-29-25)17-9-5-2-6-10-17/h1-12,18-23H,13-15H2/t18-,19+,20-,21-,22-,23-/m1/s1. The van der Waals surface area contributed by atoms with E-state index >= 15 is 0 Å². The van der Waals surface area contributed by atoms with E-state index in [4.69, 9.17) is 19.5 Å². The molecular formula is C25H24N2O2. The monoisotopic (exact) mass is 384 g/mol. The molecule has 4 aliphatic rings. The minimum atomic E-state index is 0.0958. The number of hydrogen-bond acceptors (Lipinski definition) is 4. The number of aliphatic imine (C=N–C) groups is 2. The van der Waals surface area contributed by atoms with Crippen LogP contribution in [-0.4, -0.2) is 25.0 Å². The molecule has 0 aromatic heterocycles. The summed E-state index contributed by atoms with van der Waals surface area (Å²) in [6.45, 7) is 1.26. The fourth-order valence-electron chi connectivity index (χ4n) is 5.34. The zero-order valence-corrected chi connectivity index (χ0v) is 16.2. The Morgan fingerprint density at radius 1 is 0.621 bits per heavy atom. The fraction of sp³-hybridized carbons (Fsp3) is 0.360. The molecule has 2 aromatic carbocycles. The van der Waals surface area contributed by atoms with Crippen LogP contribution in [0, 0.1) is 23.7 Å². The van der Waals surface area contributed by atoms with Crippen LogP contribution in [-0.2, 0) is 9.47 Å². The summed E-state index contributed by atoms with van der Waals surface area (Å²) in [5.41, 5.74) is 2.44. The molecule has 0 N–H and O–H groups in total. The van der Waals surface area contributed by atoms with Crippen LogP contribution in [0.15, 0.2) is 82.8 Å². The molecule has 2 heterocycles. The SMILES string of the molecule is C1=C[C@H]2C[C@@H]1[C@@H](C1=N[C@@H](c3ccccc3)CO1)[C@@H]2C1=N[C@@H](c2ccccc2)CO1. The van der Waals surface area contributed by atoms with Crippen LogP contribution in [0.25, 0.3) is 0 Å². The molecule has 0 amide bonds. The molecule has 2 aliphatic heterocycles. The molecule has 29 heavy (non-hydrogen) atoms. The minimum absolute atomic E-state index is 0.0958. The lowest BCUT2D eigenvalue weighted by Crippen LogP contribution is -2.33. The predicted molar refractivity (Wildman–Crippen MR) is 113 cm³/mol. The molecule has 6 rings (SSSR count). The molecule has 0 saturated heterocycles. The van der Waals surface area contributed by atoms with E-state index in [1.54, 1.807) is 0 Å². The Morgan fingerprint density at radius 2 is 1.07 bits per heavy atom. The summed E-state index contributed by atoms with van der Waals surface area (Å²) in [6, 6.07) is 21.1. The van der Waals surface area contributed by atoms with Gasteiger partial charge in [-0.1, -0.05) is 72.8 Å². The quantitative estimate of drug-likeness (QED) is 0.713. The first-order chi connectivity index (χ1) is 14.4. The smallest absolute Gasteiger partial charge is 0.188 e. The van der Waals surface area contributed by atoms with Crippen LogP contribution in [0.4, 0.5) is 0 Å². The van der Waals surface area contributed by atoms with Crippen LogP contribution in [0.5, 0.6) is 0 Å². The number of allylic oxidation sites excluding steroid dienone is 2. The normalized spacial score (nSPS) is 34.6. The Kier molecular flexibility index (Phi) is 4.03. The predicted octanol–water partition coefficient (Wildman–Crippen LogP) is 4.76. The van der Waals surface area contributed by atoms with Gasteiger partial charge in [-0.25, -0.2) is 9.98 Å². The van der Waals surface area contributed by atoms with Gasteiger partial charge in [0.1, 0.15) is 25.3 Å². The van der Waals surface area contributed by atoms with E-state index in [-0.39, 0.29) is 23.9 Å². The molecule has 2 bridgehead atoms. The lowest BCUT2D eigenvalue weighted by atomic mass is 9.82. The third-order valence-corrected chi connectivity index (χ3v) is 6.74. The van der Waals surface area contributed by atoms with Gasteiger partial charge in [-0.2, -0.15) is 0 Å². The van der Waals surface area contributed by atoms with E-state index in [0.717, 1.165) is 18.2 Å². The van der Waals surface area contributed by atoms with Gasteiger partial charge in [0.25, 0.3) is 0 Å². The fourth-order valence-corrected chi connectivity index (χ4v) is 5.34. The van der Waals surface area contributed by atoms with Crippen molar-refractivity contribution in [2.24, 2.45) is 33.7 Å². The first kappa shape index (κ1) is 17.0. The average molecular weight is 384 g/mol. The Balaban J connectivity index is 1.29. The second-order valence-corrected chi connectivity index (χ2v) is 8.41. The van der Waals surface area contributed by atoms with Gasteiger partial charge < -0.3 is 9.47 Å². The first-order valence-corrected chi connectivity index (χ1v) is 10.6. The topological polar surface area (TPSA) is 43.2 Å². The molecule has 0 radical (unpaired) electrons. The third-order valence-electron chi connectivity index (χ3n) is 6.74. The van der Waals surface area contributed by atoms with Gasteiger partial charge in [-0.05, 0) is 29.4 Å². The maximum absolute atomic E-state index is 6.16. The van der Waals surface area contributed by atoms with E-state index < -0.39 is 0 Å². The van der Waals surface area contributed by atoms with Crippen molar-refractivity contribution < 1.29 is 9.47 Å².